The molecule has 1 saturated heterocycles. The molecule has 1 aliphatic rings. The van der Waals surface area contributed by atoms with Crippen LogP contribution in [-0.4, -0.2) is 32.3 Å². The summed E-state index contributed by atoms with van der Waals surface area (Å²) in [5.74, 6) is -2.83. The summed E-state index contributed by atoms with van der Waals surface area (Å²) in [7, 11) is 0.857. The van der Waals surface area contributed by atoms with E-state index in [1.807, 2.05) is 6.92 Å². The van der Waals surface area contributed by atoms with Crippen molar-refractivity contribution < 1.29 is 22.0 Å². The number of benzene rings is 1. The summed E-state index contributed by atoms with van der Waals surface area (Å²) in [4.78, 5) is 13.1. The number of rotatable bonds is 2. The Kier molecular flexibility index (Phi) is 4.53. The summed E-state index contributed by atoms with van der Waals surface area (Å²) >= 11 is 0. The molecule has 4 nitrogen and oxygen atoms in total. The quantitative estimate of drug-likeness (QED) is 0.780. The van der Waals surface area contributed by atoms with Crippen molar-refractivity contribution in [1.82, 2.24) is 4.90 Å². The van der Waals surface area contributed by atoms with Gasteiger partial charge >= 0.3 is 0 Å². The van der Waals surface area contributed by atoms with Gasteiger partial charge in [-0.15, -0.1) is 0 Å². The van der Waals surface area contributed by atoms with Crippen LogP contribution in [-0.2, 0) is 9.05 Å². The Labute approximate surface area is 126 Å². The molecule has 0 N–H and O–H groups in total. The van der Waals surface area contributed by atoms with Gasteiger partial charge in [-0.2, -0.15) is 0 Å². The zero-order chi connectivity index (χ0) is 15.8. The molecule has 2 rings (SSSR count). The normalized spacial score (nSPS) is 17.0. The number of nitrogens with zero attached hydrogens (tertiary/aromatic N) is 1. The van der Waals surface area contributed by atoms with Crippen molar-refractivity contribution in [3.63, 3.8) is 0 Å². The van der Waals surface area contributed by atoms with E-state index >= 15 is 0 Å². The first-order chi connectivity index (χ1) is 9.70. The first-order valence-electron chi connectivity index (χ1n) is 6.43. The Morgan fingerprint density at radius 2 is 1.76 bits per heavy atom. The standard InChI is InChI=1S/C13H14ClF2NO3S/c1-8-2-4-17(5-3-8)13(18)9-6-10(15)11(16)7-12(9)21(14,19)20/h6-8H,2-5H2,1H3. The molecule has 21 heavy (non-hydrogen) atoms. The fourth-order valence-corrected chi connectivity index (χ4v) is 3.32. The van der Waals surface area contributed by atoms with Crippen LogP contribution < -0.4 is 0 Å². The number of likely N-dealkylation sites (tertiary alicyclic amines) is 1. The Hall–Kier alpha value is -1.21. The third-order valence-electron chi connectivity index (χ3n) is 3.59. The number of hydrogen-bond donors (Lipinski definition) is 0. The SMILES string of the molecule is CC1CCN(C(=O)c2cc(F)c(F)cc2S(=O)(=O)Cl)CC1. The first kappa shape index (κ1) is 16.2. The van der Waals surface area contributed by atoms with Gasteiger partial charge in [0.25, 0.3) is 15.0 Å². The zero-order valence-corrected chi connectivity index (χ0v) is 12.8. The van der Waals surface area contributed by atoms with E-state index in [0.29, 0.717) is 31.1 Å². The molecule has 1 amide bonds. The number of carbonyl (C=O) groups excluding carboxylic acids is 1. The van der Waals surface area contributed by atoms with Crippen LogP contribution in [0.4, 0.5) is 8.78 Å². The summed E-state index contributed by atoms with van der Waals surface area (Å²) in [5.41, 5.74) is -0.432. The topological polar surface area (TPSA) is 54.5 Å². The molecule has 1 heterocycles. The van der Waals surface area contributed by atoms with Crippen LogP contribution in [0.5, 0.6) is 0 Å². The van der Waals surface area contributed by atoms with Gasteiger partial charge in [0, 0.05) is 23.8 Å². The van der Waals surface area contributed by atoms with Gasteiger partial charge in [-0.25, -0.2) is 17.2 Å². The maximum absolute atomic E-state index is 13.4. The van der Waals surface area contributed by atoms with Crippen LogP contribution in [0, 0.1) is 17.6 Å². The molecule has 0 spiro atoms. The van der Waals surface area contributed by atoms with Gasteiger partial charge in [-0.1, -0.05) is 6.92 Å². The molecule has 0 aromatic heterocycles. The minimum atomic E-state index is -4.35. The van der Waals surface area contributed by atoms with Crippen LogP contribution >= 0.6 is 10.7 Å². The smallest absolute Gasteiger partial charge is 0.262 e. The number of halogens is 3. The van der Waals surface area contributed by atoms with E-state index in [9.17, 15) is 22.0 Å². The summed E-state index contributed by atoms with van der Waals surface area (Å²) in [6.45, 7) is 2.94. The second-order valence-electron chi connectivity index (χ2n) is 5.18. The number of carbonyl (C=O) groups is 1. The monoisotopic (exact) mass is 337 g/mol. The van der Waals surface area contributed by atoms with Gasteiger partial charge in [-0.05, 0) is 30.9 Å². The minimum absolute atomic E-state index is 0.432. The second kappa shape index (κ2) is 5.88. The average Bonchev–Trinajstić information content (AvgIpc) is 2.40. The van der Waals surface area contributed by atoms with Crippen molar-refractivity contribution in [1.29, 1.82) is 0 Å². The van der Waals surface area contributed by atoms with Crippen LogP contribution in [0.15, 0.2) is 17.0 Å². The molecule has 0 bridgehead atoms. The Balaban J connectivity index is 2.43. The molecule has 0 aliphatic carbocycles. The zero-order valence-electron chi connectivity index (χ0n) is 11.3. The Morgan fingerprint density at radius 3 is 2.29 bits per heavy atom. The van der Waals surface area contributed by atoms with Gasteiger partial charge in [0.2, 0.25) is 0 Å². The third kappa shape index (κ3) is 3.52. The van der Waals surface area contributed by atoms with Gasteiger partial charge < -0.3 is 4.90 Å². The van der Waals surface area contributed by atoms with Crippen molar-refractivity contribution in [3.05, 3.63) is 29.3 Å². The van der Waals surface area contributed by atoms with E-state index in [0.717, 1.165) is 12.8 Å². The largest absolute Gasteiger partial charge is 0.339 e. The molecule has 0 atom stereocenters. The lowest BCUT2D eigenvalue weighted by Crippen LogP contribution is -2.38. The van der Waals surface area contributed by atoms with Crippen LogP contribution in [0.25, 0.3) is 0 Å². The maximum Gasteiger partial charge on any atom is 0.262 e. The number of piperidine rings is 1. The lowest BCUT2D eigenvalue weighted by Gasteiger charge is -2.30. The lowest BCUT2D eigenvalue weighted by atomic mass is 9.98. The lowest BCUT2D eigenvalue weighted by molar-refractivity contribution is 0.0692. The summed E-state index contributed by atoms with van der Waals surface area (Å²) in [5, 5.41) is 0. The highest BCUT2D eigenvalue weighted by Crippen LogP contribution is 2.26. The third-order valence-corrected chi connectivity index (χ3v) is 4.95. The van der Waals surface area contributed by atoms with Gasteiger partial charge in [0.15, 0.2) is 11.6 Å². The van der Waals surface area contributed by atoms with Gasteiger partial charge in [0.1, 0.15) is 0 Å². The van der Waals surface area contributed by atoms with Crippen molar-refractivity contribution in [2.24, 2.45) is 5.92 Å². The Morgan fingerprint density at radius 1 is 1.24 bits per heavy atom. The summed E-state index contributed by atoms with van der Waals surface area (Å²) in [6.07, 6.45) is 1.55. The van der Waals surface area contributed by atoms with Crippen LogP contribution in [0.1, 0.15) is 30.1 Å². The highest BCUT2D eigenvalue weighted by atomic mass is 35.7. The Bertz CT molecular complexity index is 670. The molecule has 8 heteroatoms. The average molecular weight is 338 g/mol. The van der Waals surface area contributed by atoms with Crippen molar-refractivity contribution in [3.8, 4) is 0 Å². The van der Waals surface area contributed by atoms with Crippen LogP contribution in [0.3, 0.4) is 0 Å². The molecule has 0 saturated carbocycles. The van der Waals surface area contributed by atoms with Crippen molar-refractivity contribution in [2.45, 2.75) is 24.7 Å². The number of hydrogen-bond acceptors (Lipinski definition) is 3. The maximum atomic E-state index is 13.4. The van der Waals surface area contributed by atoms with Crippen LogP contribution in [0.2, 0.25) is 0 Å². The number of amides is 1. The molecule has 0 radical (unpaired) electrons. The first-order valence-corrected chi connectivity index (χ1v) is 8.74. The van der Waals surface area contributed by atoms with E-state index in [-0.39, 0.29) is 0 Å². The van der Waals surface area contributed by atoms with E-state index in [1.165, 1.54) is 4.90 Å². The predicted molar refractivity (Wildman–Crippen MR) is 73.7 cm³/mol. The fourth-order valence-electron chi connectivity index (χ4n) is 2.28. The molecule has 0 unspecified atom stereocenters. The van der Waals surface area contributed by atoms with E-state index in [2.05, 4.69) is 0 Å². The molecule has 1 aromatic rings. The highest BCUT2D eigenvalue weighted by molar-refractivity contribution is 8.13. The molecule has 1 fully saturated rings. The molecule has 1 aromatic carbocycles. The highest BCUT2D eigenvalue weighted by Gasteiger charge is 2.28. The van der Waals surface area contributed by atoms with Crippen molar-refractivity contribution in [2.75, 3.05) is 13.1 Å². The summed E-state index contributed by atoms with van der Waals surface area (Å²) < 4.78 is 49.5. The van der Waals surface area contributed by atoms with Gasteiger partial charge in [0.05, 0.1) is 10.5 Å². The fraction of sp³-hybridized carbons (Fsp3) is 0.462. The molecular formula is C13H14ClF2NO3S. The van der Waals surface area contributed by atoms with E-state index < -0.39 is 37.1 Å². The van der Waals surface area contributed by atoms with Gasteiger partial charge in [-0.3, -0.25) is 4.79 Å². The van der Waals surface area contributed by atoms with Crippen molar-refractivity contribution >= 4 is 25.6 Å². The van der Waals surface area contributed by atoms with E-state index in [1.54, 1.807) is 0 Å². The molecule has 116 valence electrons. The minimum Gasteiger partial charge on any atom is -0.339 e. The predicted octanol–water partition coefficient (Wildman–Crippen LogP) is 2.76. The molecule has 1 aliphatic heterocycles. The molecular weight excluding hydrogens is 324 g/mol. The van der Waals surface area contributed by atoms with E-state index in [4.69, 9.17) is 10.7 Å². The second-order valence-corrected chi connectivity index (χ2v) is 7.71. The summed E-state index contributed by atoms with van der Waals surface area (Å²) in [6, 6.07) is 1.03.